The van der Waals surface area contributed by atoms with Crippen molar-refractivity contribution in [1.29, 1.82) is 0 Å². The molecule has 0 radical (unpaired) electrons. The van der Waals surface area contributed by atoms with E-state index in [1.807, 2.05) is 12.3 Å². The summed E-state index contributed by atoms with van der Waals surface area (Å²) >= 11 is 0. The minimum Gasteiger partial charge on any atom is -0.260 e. The predicted molar refractivity (Wildman–Crippen MR) is 165 cm³/mol. The number of nitrogens with zero attached hydrogens (tertiary/aromatic N) is 1. The van der Waals surface area contributed by atoms with E-state index >= 15 is 0 Å². The van der Waals surface area contributed by atoms with Crippen molar-refractivity contribution >= 4 is 5.57 Å². The van der Waals surface area contributed by atoms with Crippen molar-refractivity contribution in [2.24, 2.45) is 11.8 Å². The van der Waals surface area contributed by atoms with Crippen molar-refractivity contribution in [3.63, 3.8) is 0 Å². The molecule has 2 aromatic carbocycles. The summed E-state index contributed by atoms with van der Waals surface area (Å²) in [5, 5.41) is 0. The van der Waals surface area contributed by atoms with Crippen molar-refractivity contribution in [1.82, 2.24) is 4.98 Å². The number of benzene rings is 2. The van der Waals surface area contributed by atoms with Crippen LogP contribution in [0.15, 0.2) is 115 Å². The molecule has 1 heteroatoms. The summed E-state index contributed by atoms with van der Waals surface area (Å²) in [6.07, 6.45) is 22.9. The third-order valence-electron chi connectivity index (χ3n) is 8.56. The predicted octanol–water partition coefficient (Wildman–Crippen LogP) is 9.28. The molecule has 2 aliphatic carbocycles. The highest BCUT2D eigenvalue weighted by Crippen LogP contribution is 2.43. The van der Waals surface area contributed by atoms with Crippen molar-refractivity contribution in [3.8, 4) is 12.3 Å². The zero-order valence-electron chi connectivity index (χ0n) is 23.0. The van der Waals surface area contributed by atoms with Crippen molar-refractivity contribution in [2.75, 3.05) is 0 Å². The van der Waals surface area contributed by atoms with Crippen LogP contribution < -0.4 is 0 Å². The molecule has 0 aliphatic heterocycles. The minimum atomic E-state index is 0.396. The fourth-order valence-electron chi connectivity index (χ4n) is 6.28. The molecule has 196 valence electrons. The second-order valence-corrected chi connectivity index (χ2v) is 11.3. The zero-order valence-corrected chi connectivity index (χ0v) is 23.0. The van der Waals surface area contributed by atoms with Gasteiger partial charge in [0.05, 0.1) is 0 Å². The first-order valence-corrected chi connectivity index (χ1v) is 14.4. The third-order valence-corrected chi connectivity index (χ3v) is 8.56. The Hall–Kier alpha value is -3.89. The van der Waals surface area contributed by atoms with Crippen LogP contribution in [0.1, 0.15) is 72.4 Å². The summed E-state index contributed by atoms with van der Waals surface area (Å²) in [5.74, 6) is 4.38. The van der Waals surface area contributed by atoms with Gasteiger partial charge in [0.25, 0.3) is 0 Å². The topological polar surface area (TPSA) is 12.9 Å². The number of allylic oxidation sites excluding steroid dienone is 6. The Morgan fingerprint density at radius 2 is 1.72 bits per heavy atom. The molecule has 0 amide bonds. The van der Waals surface area contributed by atoms with E-state index < -0.39 is 0 Å². The Morgan fingerprint density at radius 3 is 2.36 bits per heavy atom. The van der Waals surface area contributed by atoms with E-state index in [-0.39, 0.29) is 0 Å². The van der Waals surface area contributed by atoms with Gasteiger partial charge in [0, 0.05) is 23.4 Å². The molecular weight excluding hydrogens is 470 g/mol. The molecule has 0 N–H and O–H groups in total. The van der Waals surface area contributed by atoms with Crippen LogP contribution in [0.3, 0.4) is 0 Å². The monoisotopic (exact) mass is 509 g/mol. The van der Waals surface area contributed by atoms with Gasteiger partial charge in [-0.15, -0.1) is 6.42 Å². The van der Waals surface area contributed by atoms with Crippen molar-refractivity contribution < 1.29 is 0 Å². The molecule has 1 saturated carbocycles. The average Bonchev–Trinajstić information content (AvgIpc) is 2.99. The van der Waals surface area contributed by atoms with Gasteiger partial charge < -0.3 is 0 Å². The lowest BCUT2D eigenvalue weighted by molar-refractivity contribution is 0.251. The van der Waals surface area contributed by atoms with E-state index in [1.54, 1.807) is 0 Å². The van der Waals surface area contributed by atoms with Crippen LogP contribution in [-0.2, 0) is 12.8 Å². The number of hydrogen-bond acceptors (Lipinski definition) is 1. The van der Waals surface area contributed by atoms with Gasteiger partial charge in [0.15, 0.2) is 0 Å². The fraction of sp³-hybridized carbons (Fsp3) is 0.289. The Labute approximate surface area is 235 Å². The minimum absolute atomic E-state index is 0.396. The number of hydrogen-bond donors (Lipinski definition) is 0. The van der Waals surface area contributed by atoms with Gasteiger partial charge in [-0.3, -0.25) is 4.98 Å². The summed E-state index contributed by atoms with van der Waals surface area (Å²) < 4.78 is 0. The van der Waals surface area contributed by atoms with Gasteiger partial charge in [-0.05, 0) is 97.6 Å². The molecule has 1 unspecified atom stereocenters. The molecule has 1 aromatic heterocycles. The first-order chi connectivity index (χ1) is 19.1. The maximum Gasteiger partial charge on any atom is 0.0427 e. The number of pyridine rings is 1. The van der Waals surface area contributed by atoms with E-state index in [2.05, 4.69) is 103 Å². The van der Waals surface area contributed by atoms with Crippen LogP contribution in [-0.4, -0.2) is 4.98 Å². The number of rotatable bonds is 9. The van der Waals surface area contributed by atoms with E-state index in [0.717, 1.165) is 36.9 Å². The van der Waals surface area contributed by atoms with Crippen molar-refractivity contribution in [3.05, 3.63) is 143 Å². The quantitative estimate of drug-likeness (QED) is 0.207. The fourth-order valence-corrected chi connectivity index (χ4v) is 6.28. The summed E-state index contributed by atoms with van der Waals surface area (Å²) in [6, 6.07) is 24.2. The lowest BCUT2D eigenvalue weighted by atomic mass is 9.69. The Kier molecular flexibility index (Phi) is 8.75. The number of aromatic nitrogens is 1. The van der Waals surface area contributed by atoms with Crippen LogP contribution >= 0.6 is 0 Å². The van der Waals surface area contributed by atoms with Crippen LogP contribution in [0.5, 0.6) is 0 Å². The lowest BCUT2D eigenvalue weighted by Crippen LogP contribution is -2.23. The molecular formula is C38H39N. The first-order valence-electron chi connectivity index (χ1n) is 14.4. The normalized spacial score (nSPS) is 19.7. The highest BCUT2D eigenvalue weighted by molar-refractivity contribution is 5.76. The highest BCUT2D eigenvalue weighted by atomic mass is 14.7. The molecule has 1 heterocycles. The Bertz CT molecular complexity index is 1370. The van der Waals surface area contributed by atoms with E-state index in [1.165, 1.54) is 59.1 Å². The van der Waals surface area contributed by atoms with E-state index in [9.17, 15) is 0 Å². The third kappa shape index (κ3) is 6.96. The summed E-state index contributed by atoms with van der Waals surface area (Å²) in [7, 11) is 0. The lowest BCUT2D eigenvalue weighted by Gasteiger charge is -2.35. The molecule has 1 nitrogen and oxygen atoms in total. The SMILES string of the molecule is C#Cc1ccc(CC2CCC(C(C(=C)CCc3ccccc3)c3ccc(C4=CCC(=C)C=C4)cc3)CC2)nc1. The summed E-state index contributed by atoms with van der Waals surface area (Å²) in [4.78, 5) is 4.61. The molecule has 0 saturated heterocycles. The standard InChI is InChI=1S/C38H39N/c1-4-30-16-25-37(39-27-30)26-32-14-19-35(20-15-32)38(29(3)12-13-31-8-6-5-7-9-31)36-23-21-34(22-24-36)33-17-10-28(2)11-18-33/h1,5-10,16-18,21-25,27,32,35,38H,2-3,11-15,19-20,26H2. The largest absolute Gasteiger partial charge is 0.260 e. The number of terminal acetylenes is 1. The smallest absolute Gasteiger partial charge is 0.0427 e. The van der Waals surface area contributed by atoms with Gasteiger partial charge in [-0.1, -0.05) is 103 Å². The molecule has 0 spiro atoms. The van der Waals surface area contributed by atoms with Gasteiger partial charge >= 0.3 is 0 Å². The second kappa shape index (κ2) is 12.8. The van der Waals surface area contributed by atoms with Crippen LogP contribution in [0.25, 0.3) is 5.57 Å². The zero-order chi connectivity index (χ0) is 27.0. The summed E-state index contributed by atoms with van der Waals surface area (Å²) in [5.41, 5.74) is 9.92. The van der Waals surface area contributed by atoms with Crippen LogP contribution in [0.2, 0.25) is 0 Å². The molecule has 5 rings (SSSR count). The molecule has 2 aliphatic rings. The first kappa shape index (κ1) is 26.7. The van der Waals surface area contributed by atoms with Gasteiger partial charge in [-0.25, -0.2) is 0 Å². The average molecular weight is 510 g/mol. The Morgan fingerprint density at radius 1 is 0.949 bits per heavy atom. The second-order valence-electron chi connectivity index (χ2n) is 11.3. The van der Waals surface area contributed by atoms with Gasteiger partial charge in [0.1, 0.15) is 0 Å². The highest BCUT2D eigenvalue weighted by Gasteiger charge is 2.30. The van der Waals surface area contributed by atoms with Crippen molar-refractivity contribution in [2.45, 2.75) is 57.3 Å². The van der Waals surface area contributed by atoms with E-state index in [0.29, 0.717) is 17.8 Å². The van der Waals surface area contributed by atoms with Crippen LogP contribution in [0, 0.1) is 24.2 Å². The molecule has 1 atom stereocenters. The molecule has 3 aromatic rings. The molecule has 1 fully saturated rings. The van der Waals surface area contributed by atoms with E-state index in [4.69, 9.17) is 6.42 Å². The maximum atomic E-state index is 5.50. The van der Waals surface area contributed by atoms with Gasteiger partial charge in [0.2, 0.25) is 0 Å². The van der Waals surface area contributed by atoms with Gasteiger partial charge in [-0.2, -0.15) is 0 Å². The van der Waals surface area contributed by atoms with Crippen LogP contribution in [0.4, 0.5) is 0 Å². The molecule has 39 heavy (non-hydrogen) atoms. The Balaban J connectivity index is 1.29. The number of aryl methyl sites for hydroxylation is 1. The maximum absolute atomic E-state index is 5.50. The summed E-state index contributed by atoms with van der Waals surface area (Å²) in [6.45, 7) is 8.76. The molecule has 0 bridgehead atoms.